The molecule has 4 heteroatoms. The normalized spacial score (nSPS) is 17.2. The van der Waals surface area contributed by atoms with Gasteiger partial charge >= 0.3 is 6.09 Å². The smallest absolute Gasteiger partial charge is 0.409 e. The van der Waals surface area contributed by atoms with E-state index in [-0.39, 0.29) is 6.09 Å². The molecular weight excluding hydrogens is 222 g/mol. The molecule has 0 aromatic heterocycles. The van der Waals surface area contributed by atoms with Crippen molar-refractivity contribution in [2.45, 2.75) is 19.3 Å². The molecular formula is C12H21NO2S. The third-order valence-corrected chi connectivity index (χ3v) is 3.55. The summed E-state index contributed by atoms with van der Waals surface area (Å²) in [6, 6.07) is 0. The summed E-state index contributed by atoms with van der Waals surface area (Å²) in [5.74, 6) is 1.62. The van der Waals surface area contributed by atoms with Crippen LogP contribution < -0.4 is 0 Å². The Balaban J connectivity index is 2.15. The van der Waals surface area contributed by atoms with Crippen molar-refractivity contribution in [1.82, 2.24) is 4.90 Å². The lowest BCUT2D eigenvalue weighted by Crippen LogP contribution is -2.38. The molecule has 0 atom stereocenters. The van der Waals surface area contributed by atoms with Gasteiger partial charge < -0.3 is 9.64 Å². The number of ether oxygens (including phenoxy) is 1. The quantitative estimate of drug-likeness (QED) is 0.549. The highest BCUT2D eigenvalue weighted by molar-refractivity contribution is 7.98. The monoisotopic (exact) mass is 243 g/mol. The molecule has 0 aliphatic carbocycles. The summed E-state index contributed by atoms with van der Waals surface area (Å²) in [4.78, 5) is 13.4. The SMILES string of the molecule is C=CC1CCN(C(=O)OCCCSC)CC1. The van der Waals surface area contributed by atoms with E-state index in [4.69, 9.17) is 4.74 Å². The van der Waals surface area contributed by atoms with Crippen LogP contribution in [0.15, 0.2) is 12.7 Å². The lowest BCUT2D eigenvalue weighted by atomic mass is 9.97. The number of amides is 1. The van der Waals surface area contributed by atoms with Gasteiger partial charge in [-0.1, -0.05) is 6.08 Å². The van der Waals surface area contributed by atoms with Crippen LogP contribution in [0.2, 0.25) is 0 Å². The molecule has 16 heavy (non-hydrogen) atoms. The van der Waals surface area contributed by atoms with Crippen LogP contribution in [0.1, 0.15) is 19.3 Å². The molecule has 0 aromatic rings. The van der Waals surface area contributed by atoms with Crippen molar-refractivity contribution in [3.05, 3.63) is 12.7 Å². The summed E-state index contributed by atoms with van der Waals surface area (Å²) >= 11 is 1.78. The second-order valence-electron chi connectivity index (χ2n) is 4.02. The number of allylic oxidation sites excluding steroid dienone is 1. The Morgan fingerprint density at radius 3 is 2.81 bits per heavy atom. The molecule has 1 amide bonds. The Kier molecular flexibility index (Phi) is 6.38. The lowest BCUT2D eigenvalue weighted by molar-refractivity contribution is 0.0914. The van der Waals surface area contributed by atoms with Crippen LogP contribution in [0.3, 0.4) is 0 Å². The van der Waals surface area contributed by atoms with Crippen LogP contribution in [0.5, 0.6) is 0 Å². The summed E-state index contributed by atoms with van der Waals surface area (Å²) in [5, 5.41) is 0. The fourth-order valence-electron chi connectivity index (χ4n) is 1.77. The largest absolute Gasteiger partial charge is 0.449 e. The molecule has 1 saturated heterocycles. The number of carbonyl (C=O) groups excluding carboxylic acids is 1. The van der Waals surface area contributed by atoms with E-state index in [1.54, 1.807) is 16.7 Å². The summed E-state index contributed by atoms with van der Waals surface area (Å²) < 4.78 is 5.20. The minimum atomic E-state index is -0.149. The zero-order valence-electron chi connectivity index (χ0n) is 9.98. The Labute approximate surface area is 102 Å². The Morgan fingerprint density at radius 2 is 2.25 bits per heavy atom. The molecule has 0 bridgehead atoms. The summed E-state index contributed by atoms with van der Waals surface area (Å²) in [6.45, 7) is 5.94. The maximum absolute atomic E-state index is 11.6. The van der Waals surface area contributed by atoms with Gasteiger partial charge in [-0.3, -0.25) is 0 Å². The van der Waals surface area contributed by atoms with Gasteiger partial charge in [0, 0.05) is 13.1 Å². The molecule has 1 fully saturated rings. The molecule has 0 spiro atoms. The number of hydrogen-bond donors (Lipinski definition) is 0. The van der Waals surface area contributed by atoms with Gasteiger partial charge in [0.2, 0.25) is 0 Å². The van der Waals surface area contributed by atoms with Crippen molar-refractivity contribution in [1.29, 1.82) is 0 Å². The van der Waals surface area contributed by atoms with Crippen molar-refractivity contribution < 1.29 is 9.53 Å². The molecule has 0 saturated carbocycles. The highest BCUT2D eigenvalue weighted by Crippen LogP contribution is 2.18. The van der Waals surface area contributed by atoms with E-state index in [9.17, 15) is 4.79 Å². The van der Waals surface area contributed by atoms with Gasteiger partial charge in [-0.05, 0) is 37.2 Å². The summed E-state index contributed by atoms with van der Waals surface area (Å²) in [6.07, 6.45) is 6.87. The first kappa shape index (κ1) is 13.4. The molecule has 3 nitrogen and oxygen atoms in total. The molecule has 1 rings (SSSR count). The van der Waals surface area contributed by atoms with Gasteiger partial charge in [-0.15, -0.1) is 6.58 Å². The van der Waals surface area contributed by atoms with Gasteiger partial charge in [-0.2, -0.15) is 11.8 Å². The van der Waals surface area contributed by atoms with Crippen molar-refractivity contribution in [2.75, 3.05) is 31.7 Å². The average molecular weight is 243 g/mol. The lowest BCUT2D eigenvalue weighted by Gasteiger charge is -2.29. The highest BCUT2D eigenvalue weighted by Gasteiger charge is 2.21. The van der Waals surface area contributed by atoms with Crippen molar-refractivity contribution in [3.63, 3.8) is 0 Å². The van der Waals surface area contributed by atoms with Gasteiger partial charge in [0.1, 0.15) is 0 Å². The van der Waals surface area contributed by atoms with E-state index in [1.807, 2.05) is 6.08 Å². The summed E-state index contributed by atoms with van der Waals surface area (Å²) in [7, 11) is 0. The van der Waals surface area contributed by atoms with E-state index in [2.05, 4.69) is 12.8 Å². The van der Waals surface area contributed by atoms with Crippen LogP contribution in [0.25, 0.3) is 0 Å². The maximum Gasteiger partial charge on any atom is 0.409 e. The number of piperidine rings is 1. The number of likely N-dealkylation sites (tertiary alicyclic amines) is 1. The van der Waals surface area contributed by atoms with Crippen LogP contribution in [0, 0.1) is 5.92 Å². The van der Waals surface area contributed by atoms with Crippen LogP contribution in [-0.2, 0) is 4.74 Å². The van der Waals surface area contributed by atoms with Gasteiger partial charge in [0.05, 0.1) is 6.61 Å². The molecule has 1 aliphatic heterocycles. The van der Waals surface area contributed by atoms with E-state index >= 15 is 0 Å². The molecule has 0 N–H and O–H groups in total. The van der Waals surface area contributed by atoms with Crippen LogP contribution in [0.4, 0.5) is 4.79 Å². The zero-order chi connectivity index (χ0) is 11.8. The van der Waals surface area contributed by atoms with Crippen molar-refractivity contribution >= 4 is 17.9 Å². The van der Waals surface area contributed by atoms with E-state index < -0.39 is 0 Å². The Bertz CT molecular complexity index is 225. The number of nitrogens with zero attached hydrogens (tertiary/aromatic N) is 1. The van der Waals surface area contributed by atoms with E-state index in [1.165, 1.54) is 0 Å². The zero-order valence-corrected chi connectivity index (χ0v) is 10.8. The van der Waals surface area contributed by atoms with E-state index in [0.717, 1.165) is 38.1 Å². The predicted molar refractivity (Wildman–Crippen MR) is 68.8 cm³/mol. The van der Waals surface area contributed by atoms with Crippen LogP contribution >= 0.6 is 11.8 Å². The third-order valence-electron chi connectivity index (χ3n) is 2.85. The molecule has 1 heterocycles. The molecule has 1 aliphatic rings. The van der Waals surface area contributed by atoms with E-state index in [0.29, 0.717) is 12.5 Å². The third kappa shape index (κ3) is 4.47. The second-order valence-corrected chi connectivity index (χ2v) is 5.01. The van der Waals surface area contributed by atoms with Gasteiger partial charge in [-0.25, -0.2) is 4.79 Å². The highest BCUT2D eigenvalue weighted by atomic mass is 32.2. The Morgan fingerprint density at radius 1 is 1.56 bits per heavy atom. The molecule has 0 radical (unpaired) electrons. The first-order chi connectivity index (χ1) is 7.77. The number of rotatable bonds is 5. The summed E-state index contributed by atoms with van der Waals surface area (Å²) in [5.41, 5.74) is 0. The maximum atomic E-state index is 11.6. The predicted octanol–water partition coefficient (Wildman–Crippen LogP) is 2.77. The van der Waals surface area contributed by atoms with Crippen molar-refractivity contribution in [2.24, 2.45) is 5.92 Å². The number of hydrogen-bond acceptors (Lipinski definition) is 3. The minimum Gasteiger partial charge on any atom is -0.449 e. The van der Waals surface area contributed by atoms with Gasteiger partial charge in [0.25, 0.3) is 0 Å². The second kappa shape index (κ2) is 7.60. The fraction of sp³-hybridized carbons (Fsp3) is 0.750. The number of thioether (sulfide) groups is 1. The molecule has 0 aromatic carbocycles. The standard InChI is InChI=1S/C12H21NO2S/c1-3-11-5-7-13(8-6-11)12(14)15-9-4-10-16-2/h3,11H,1,4-10H2,2H3. The minimum absolute atomic E-state index is 0.149. The topological polar surface area (TPSA) is 29.5 Å². The Hall–Kier alpha value is -0.640. The molecule has 92 valence electrons. The fourth-order valence-corrected chi connectivity index (χ4v) is 2.18. The molecule has 0 unspecified atom stereocenters. The first-order valence-corrected chi connectivity index (χ1v) is 7.20. The number of carbonyl (C=O) groups is 1. The van der Waals surface area contributed by atoms with Gasteiger partial charge in [0.15, 0.2) is 0 Å². The average Bonchev–Trinajstić information content (AvgIpc) is 2.34. The van der Waals surface area contributed by atoms with Crippen molar-refractivity contribution in [3.8, 4) is 0 Å². The first-order valence-electron chi connectivity index (χ1n) is 5.81. The van der Waals surface area contributed by atoms with Crippen LogP contribution in [-0.4, -0.2) is 42.7 Å².